The molecule has 0 aliphatic rings. The molecule has 120 valence electrons. The second kappa shape index (κ2) is 8.18. The van der Waals surface area contributed by atoms with Gasteiger partial charge in [0.25, 0.3) is 0 Å². The molecule has 2 rings (SSSR count). The highest BCUT2D eigenvalue weighted by molar-refractivity contribution is 5.92. The van der Waals surface area contributed by atoms with Gasteiger partial charge in [0, 0.05) is 11.9 Å². The average Bonchev–Trinajstić information content (AvgIpc) is 2.57. The minimum Gasteiger partial charge on any atom is -0.314 e. The Morgan fingerprint density at radius 3 is 2.17 bits per heavy atom. The summed E-state index contributed by atoms with van der Waals surface area (Å²) >= 11 is 0. The number of hydrogen-bond acceptors (Lipinski definition) is 1. The van der Waals surface area contributed by atoms with Crippen LogP contribution in [-0.4, -0.2) is 6.03 Å². The predicted molar refractivity (Wildman–Crippen MR) is 97.6 cm³/mol. The van der Waals surface area contributed by atoms with Crippen LogP contribution in [0.2, 0.25) is 0 Å². The Morgan fingerprint density at radius 1 is 1.00 bits per heavy atom. The van der Waals surface area contributed by atoms with Gasteiger partial charge < -0.3 is 10.6 Å². The molecule has 23 heavy (non-hydrogen) atoms. The second-order valence-electron chi connectivity index (χ2n) is 5.50. The molecule has 2 aromatic rings. The molecule has 0 saturated heterocycles. The summed E-state index contributed by atoms with van der Waals surface area (Å²) in [5.74, 6) is 0. The smallest absolute Gasteiger partial charge is 0.314 e. The number of anilines is 1. The molecule has 2 aromatic carbocycles. The van der Waals surface area contributed by atoms with E-state index in [0.29, 0.717) is 0 Å². The number of carbonyl (C=O) groups is 1. The number of hydrogen-bond donors (Lipinski definition) is 2. The minimum absolute atomic E-state index is 0.219. The lowest BCUT2D eigenvalue weighted by molar-refractivity contribution is 0.255. The number of nitrogens with one attached hydrogen (secondary N) is 2. The highest BCUT2D eigenvalue weighted by Crippen LogP contribution is 2.22. The van der Waals surface area contributed by atoms with Gasteiger partial charge in [0.2, 0.25) is 0 Å². The molecule has 0 spiro atoms. The summed E-state index contributed by atoms with van der Waals surface area (Å²) in [7, 11) is 0. The van der Waals surface area contributed by atoms with Gasteiger partial charge in [-0.1, -0.05) is 61.9 Å². The highest BCUT2D eigenvalue weighted by atomic mass is 16.2. The van der Waals surface area contributed by atoms with Crippen LogP contribution in [0.1, 0.15) is 36.1 Å². The molecular formula is C20H24N2O. The molecule has 0 aliphatic heterocycles. The van der Waals surface area contributed by atoms with Crippen molar-refractivity contribution in [1.82, 2.24) is 5.32 Å². The molecule has 0 unspecified atom stereocenters. The molecule has 3 nitrogen and oxygen atoms in total. The molecule has 0 saturated carbocycles. The van der Waals surface area contributed by atoms with E-state index in [2.05, 4.69) is 43.5 Å². The SMILES string of the molecule is CCc1cccc(CC)c1NC(=O)N/C=C/c1ccc(C)cc1. The maximum Gasteiger partial charge on any atom is 0.323 e. The van der Waals surface area contributed by atoms with E-state index < -0.39 is 0 Å². The van der Waals surface area contributed by atoms with Crippen molar-refractivity contribution in [2.75, 3.05) is 5.32 Å². The van der Waals surface area contributed by atoms with Crippen LogP contribution in [0.15, 0.2) is 48.7 Å². The van der Waals surface area contributed by atoms with Crippen LogP contribution < -0.4 is 10.6 Å². The summed E-state index contributed by atoms with van der Waals surface area (Å²) in [5.41, 5.74) is 5.51. The number of rotatable bonds is 5. The van der Waals surface area contributed by atoms with E-state index in [-0.39, 0.29) is 6.03 Å². The lowest BCUT2D eigenvalue weighted by Gasteiger charge is -2.14. The molecule has 0 aromatic heterocycles. The van der Waals surface area contributed by atoms with Crippen molar-refractivity contribution in [3.63, 3.8) is 0 Å². The van der Waals surface area contributed by atoms with E-state index in [1.165, 1.54) is 5.56 Å². The van der Waals surface area contributed by atoms with Crippen LogP contribution in [0.5, 0.6) is 0 Å². The van der Waals surface area contributed by atoms with Crippen LogP contribution in [0.4, 0.5) is 10.5 Å². The van der Waals surface area contributed by atoms with Gasteiger partial charge >= 0.3 is 6.03 Å². The molecule has 2 N–H and O–H groups in total. The average molecular weight is 308 g/mol. The van der Waals surface area contributed by atoms with Crippen molar-refractivity contribution in [2.24, 2.45) is 0 Å². The summed E-state index contributed by atoms with van der Waals surface area (Å²) in [6, 6.07) is 14.1. The number of amides is 2. The Labute approximate surface area is 138 Å². The van der Waals surface area contributed by atoms with Gasteiger partial charge in [-0.2, -0.15) is 0 Å². The zero-order valence-corrected chi connectivity index (χ0v) is 14.0. The van der Waals surface area contributed by atoms with E-state index in [1.807, 2.05) is 36.4 Å². The lowest BCUT2D eigenvalue weighted by Crippen LogP contribution is -2.25. The third kappa shape index (κ3) is 4.71. The summed E-state index contributed by atoms with van der Waals surface area (Å²) in [4.78, 5) is 12.1. The number of urea groups is 1. The fourth-order valence-electron chi connectivity index (χ4n) is 2.44. The van der Waals surface area contributed by atoms with E-state index in [9.17, 15) is 4.79 Å². The summed E-state index contributed by atoms with van der Waals surface area (Å²) < 4.78 is 0. The van der Waals surface area contributed by atoms with Crippen molar-refractivity contribution in [2.45, 2.75) is 33.6 Å². The third-order valence-corrected chi connectivity index (χ3v) is 3.80. The minimum atomic E-state index is -0.219. The maximum absolute atomic E-state index is 12.1. The van der Waals surface area contributed by atoms with Gasteiger partial charge in [0.15, 0.2) is 0 Å². The summed E-state index contributed by atoms with van der Waals surface area (Å²) in [6.45, 7) is 6.24. The quantitative estimate of drug-likeness (QED) is 0.809. The number of benzene rings is 2. The van der Waals surface area contributed by atoms with E-state index >= 15 is 0 Å². The molecule has 0 radical (unpaired) electrons. The molecule has 0 atom stereocenters. The first kappa shape index (κ1) is 16.8. The molecule has 2 amide bonds. The summed E-state index contributed by atoms with van der Waals surface area (Å²) in [5, 5.41) is 5.74. The number of carbonyl (C=O) groups excluding carboxylic acids is 1. The molecule has 0 aliphatic carbocycles. The lowest BCUT2D eigenvalue weighted by atomic mass is 10.0. The van der Waals surface area contributed by atoms with Crippen molar-refractivity contribution >= 4 is 17.8 Å². The number of para-hydroxylation sites is 1. The van der Waals surface area contributed by atoms with Crippen molar-refractivity contribution in [3.05, 3.63) is 70.9 Å². The van der Waals surface area contributed by atoms with E-state index in [0.717, 1.165) is 35.2 Å². The van der Waals surface area contributed by atoms with Gasteiger partial charge in [-0.15, -0.1) is 0 Å². The molecule has 0 heterocycles. The van der Waals surface area contributed by atoms with Crippen molar-refractivity contribution in [1.29, 1.82) is 0 Å². The largest absolute Gasteiger partial charge is 0.323 e. The van der Waals surface area contributed by atoms with Crippen LogP contribution in [0.25, 0.3) is 6.08 Å². The Kier molecular flexibility index (Phi) is 5.98. The topological polar surface area (TPSA) is 41.1 Å². The van der Waals surface area contributed by atoms with Crippen molar-refractivity contribution in [3.8, 4) is 0 Å². The Balaban J connectivity index is 2.01. The van der Waals surface area contributed by atoms with Gasteiger partial charge in [0.05, 0.1) is 0 Å². The highest BCUT2D eigenvalue weighted by Gasteiger charge is 2.08. The van der Waals surface area contributed by atoms with Gasteiger partial charge in [-0.05, 0) is 42.5 Å². The fourth-order valence-corrected chi connectivity index (χ4v) is 2.44. The predicted octanol–water partition coefficient (Wildman–Crippen LogP) is 4.91. The standard InChI is InChI=1S/C20H24N2O/c1-4-17-7-6-8-18(5-2)19(17)22-20(23)21-14-13-16-11-9-15(3)10-12-16/h6-14H,4-5H2,1-3H3,(H2,21,22,23)/b14-13+. The first-order valence-electron chi connectivity index (χ1n) is 8.05. The number of aryl methyl sites for hydroxylation is 3. The molecule has 3 heteroatoms. The third-order valence-electron chi connectivity index (χ3n) is 3.80. The maximum atomic E-state index is 12.1. The fraction of sp³-hybridized carbons (Fsp3) is 0.250. The normalized spacial score (nSPS) is 10.7. The Morgan fingerprint density at radius 2 is 1.61 bits per heavy atom. The zero-order chi connectivity index (χ0) is 16.7. The van der Waals surface area contributed by atoms with Gasteiger partial charge in [-0.3, -0.25) is 0 Å². The Bertz CT molecular complexity index is 665. The molecular weight excluding hydrogens is 284 g/mol. The van der Waals surface area contributed by atoms with Crippen LogP contribution in [-0.2, 0) is 12.8 Å². The molecule has 0 fully saturated rings. The van der Waals surface area contributed by atoms with E-state index in [1.54, 1.807) is 6.20 Å². The monoisotopic (exact) mass is 308 g/mol. The van der Waals surface area contributed by atoms with E-state index in [4.69, 9.17) is 0 Å². The first-order chi connectivity index (χ1) is 11.1. The molecule has 0 bridgehead atoms. The zero-order valence-electron chi connectivity index (χ0n) is 14.0. The van der Waals surface area contributed by atoms with Crippen LogP contribution >= 0.6 is 0 Å². The van der Waals surface area contributed by atoms with Crippen molar-refractivity contribution < 1.29 is 4.79 Å². The Hall–Kier alpha value is -2.55. The van der Waals surface area contributed by atoms with Gasteiger partial charge in [-0.25, -0.2) is 4.79 Å². The van der Waals surface area contributed by atoms with Crippen LogP contribution in [0, 0.1) is 6.92 Å². The van der Waals surface area contributed by atoms with Gasteiger partial charge in [0.1, 0.15) is 0 Å². The summed E-state index contributed by atoms with van der Waals surface area (Å²) in [6.07, 6.45) is 5.33. The van der Waals surface area contributed by atoms with Crippen LogP contribution in [0.3, 0.4) is 0 Å². The second-order valence-corrected chi connectivity index (χ2v) is 5.50. The first-order valence-corrected chi connectivity index (χ1v) is 8.05.